The van der Waals surface area contributed by atoms with Gasteiger partial charge in [0.15, 0.2) is 11.5 Å². The minimum absolute atomic E-state index is 0.000320. The molecule has 2 aliphatic heterocycles. The Balaban J connectivity index is 1.47. The summed E-state index contributed by atoms with van der Waals surface area (Å²) >= 11 is 8.06. The fourth-order valence-electron chi connectivity index (χ4n) is 3.82. The van der Waals surface area contributed by atoms with E-state index in [0.29, 0.717) is 41.8 Å². The van der Waals surface area contributed by atoms with Crippen molar-refractivity contribution in [2.75, 3.05) is 19.8 Å². The van der Waals surface area contributed by atoms with Crippen molar-refractivity contribution < 1.29 is 14.3 Å². The third-order valence-corrected chi connectivity index (χ3v) is 6.58. The molecule has 3 heterocycles. The van der Waals surface area contributed by atoms with E-state index in [1.54, 1.807) is 23.5 Å². The van der Waals surface area contributed by atoms with Crippen molar-refractivity contribution in [3.63, 3.8) is 0 Å². The van der Waals surface area contributed by atoms with Gasteiger partial charge in [0.25, 0.3) is 5.91 Å². The van der Waals surface area contributed by atoms with Gasteiger partial charge in [-0.25, -0.2) is 4.98 Å². The minimum atomic E-state index is -0.0423. The lowest BCUT2D eigenvalue weighted by molar-refractivity contribution is 0.0735. The van der Waals surface area contributed by atoms with Gasteiger partial charge < -0.3 is 14.4 Å². The molecule has 28 heavy (non-hydrogen) atoms. The predicted molar refractivity (Wildman–Crippen MR) is 110 cm³/mol. The number of hydrogen-bond donors (Lipinski definition) is 0. The number of para-hydroxylation sites is 1. The van der Waals surface area contributed by atoms with Crippen molar-refractivity contribution in [2.45, 2.75) is 25.3 Å². The van der Waals surface area contributed by atoms with Crippen LogP contribution in [0.25, 0.3) is 10.2 Å². The van der Waals surface area contributed by atoms with Crippen LogP contribution in [-0.4, -0.2) is 35.5 Å². The Morgan fingerprint density at radius 1 is 1.18 bits per heavy atom. The van der Waals surface area contributed by atoms with Crippen molar-refractivity contribution in [1.29, 1.82) is 0 Å². The molecular weight excluding hydrogens is 396 g/mol. The van der Waals surface area contributed by atoms with Gasteiger partial charge in [0, 0.05) is 18.5 Å². The quantitative estimate of drug-likeness (QED) is 0.586. The van der Waals surface area contributed by atoms with Crippen LogP contribution in [0.1, 0.15) is 40.7 Å². The number of likely N-dealkylation sites (tertiary alicyclic amines) is 1. The van der Waals surface area contributed by atoms with E-state index < -0.39 is 0 Å². The van der Waals surface area contributed by atoms with Gasteiger partial charge in [-0.3, -0.25) is 4.79 Å². The van der Waals surface area contributed by atoms with Crippen LogP contribution >= 0.6 is 22.9 Å². The number of hydrogen-bond acceptors (Lipinski definition) is 5. The lowest BCUT2D eigenvalue weighted by atomic mass is 10.1. The average Bonchev–Trinajstić information content (AvgIpc) is 3.28. The highest BCUT2D eigenvalue weighted by atomic mass is 35.5. The summed E-state index contributed by atoms with van der Waals surface area (Å²) in [5, 5.41) is 1.41. The second-order valence-electron chi connectivity index (χ2n) is 7.01. The normalized spacial score (nSPS) is 19.0. The molecule has 5 nitrogen and oxygen atoms in total. The highest BCUT2D eigenvalue weighted by Gasteiger charge is 2.33. The molecule has 0 unspecified atom stereocenters. The molecule has 1 amide bonds. The third kappa shape index (κ3) is 3.10. The number of amides is 1. The number of carbonyl (C=O) groups excluding carboxylic acids is 1. The Bertz CT molecular complexity index is 1020. The SMILES string of the molecule is O=C(c1cc(Cl)c2c(c1)OCCCO2)N1CCC[C@@H]1c1nc2ccccc2s1. The number of thiazole rings is 1. The van der Waals surface area contributed by atoms with Gasteiger partial charge in [0.05, 0.1) is 34.5 Å². The first-order chi connectivity index (χ1) is 13.7. The smallest absolute Gasteiger partial charge is 0.254 e. The van der Waals surface area contributed by atoms with Crippen molar-refractivity contribution in [3.05, 3.63) is 52.0 Å². The molecule has 1 aromatic heterocycles. The van der Waals surface area contributed by atoms with E-state index in [-0.39, 0.29) is 11.9 Å². The Morgan fingerprint density at radius 2 is 2.04 bits per heavy atom. The summed E-state index contributed by atoms with van der Waals surface area (Å²) in [6, 6.07) is 11.5. The zero-order valence-corrected chi connectivity index (χ0v) is 16.8. The van der Waals surface area contributed by atoms with Gasteiger partial charge in [0.1, 0.15) is 5.01 Å². The van der Waals surface area contributed by atoms with Crippen molar-refractivity contribution in [1.82, 2.24) is 9.88 Å². The van der Waals surface area contributed by atoms with Crippen LogP contribution in [0.4, 0.5) is 0 Å². The van der Waals surface area contributed by atoms with Crippen molar-refractivity contribution in [3.8, 4) is 11.5 Å². The molecule has 1 fully saturated rings. The van der Waals surface area contributed by atoms with Gasteiger partial charge in [-0.2, -0.15) is 0 Å². The minimum Gasteiger partial charge on any atom is -0.489 e. The summed E-state index contributed by atoms with van der Waals surface area (Å²) in [5.41, 5.74) is 1.52. The molecule has 0 saturated carbocycles. The van der Waals surface area contributed by atoms with Gasteiger partial charge in [-0.05, 0) is 37.1 Å². The molecule has 7 heteroatoms. The molecule has 5 rings (SSSR count). The fourth-order valence-corrected chi connectivity index (χ4v) is 5.20. The highest BCUT2D eigenvalue weighted by molar-refractivity contribution is 7.18. The maximum Gasteiger partial charge on any atom is 0.254 e. The molecule has 144 valence electrons. The van der Waals surface area contributed by atoms with E-state index >= 15 is 0 Å². The zero-order chi connectivity index (χ0) is 19.1. The number of nitrogens with zero attached hydrogens (tertiary/aromatic N) is 2. The van der Waals surface area contributed by atoms with Gasteiger partial charge in [0.2, 0.25) is 0 Å². The van der Waals surface area contributed by atoms with E-state index in [1.165, 1.54) is 0 Å². The van der Waals surface area contributed by atoms with E-state index in [4.69, 9.17) is 26.1 Å². The molecule has 1 atom stereocenters. The van der Waals surface area contributed by atoms with Gasteiger partial charge >= 0.3 is 0 Å². The Labute approximate surface area is 171 Å². The van der Waals surface area contributed by atoms with Crippen LogP contribution in [0.2, 0.25) is 5.02 Å². The second kappa shape index (κ2) is 7.26. The number of halogens is 1. The van der Waals surface area contributed by atoms with Gasteiger partial charge in [-0.1, -0.05) is 23.7 Å². The number of benzene rings is 2. The summed E-state index contributed by atoms with van der Waals surface area (Å²) in [7, 11) is 0. The van der Waals surface area contributed by atoms with Gasteiger partial charge in [-0.15, -0.1) is 11.3 Å². The first-order valence-corrected chi connectivity index (χ1v) is 10.7. The number of aromatic nitrogens is 1. The molecule has 0 bridgehead atoms. The van der Waals surface area contributed by atoms with E-state index in [1.807, 2.05) is 23.1 Å². The second-order valence-corrected chi connectivity index (χ2v) is 8.48. The molecule has 0 spiro atoms. The van der Waals surface area contributed by atoms with Crippen molar-refractivity contribution >= 4 is 39.1 Å². The standard InChI is InChI=1S/C21H19ClN2O3S/c22-14-11-13(12-17-19(14)27-10-4-9-26-17)21(25)24-8-3-6-16(24)20-23-15-5-1-2-7-18(15)28-20/h1-2,5,7,11-12,16H,3-4,6,8-10H2/t16-/m1/s1. The third-order valence-electron chi connectivity index (χ3n) is 5.16. The lowest BCUT2D eigenvalue weighted by Crippen LogP contribution is -2.30. The molecule has 0 N–H and O–H groups in total. The van der Waals surface area contributed by atoms with E-state index in [2.05, 4.69) is 6.07 Å². The van der Waals surface area contributed by atoms with Crippen LogP contribution in [0.3, 0.4) is 0 Å². The first-order valence-electron chi connectivity index (χ1n) is 9.46. The molecule has 2 aromatic carbocycles. The number of carbonyl (C=O) groups is 1. The van der Waals surface area contributed by atoms with E-state index in [0.717, 1.165) is 34.5 Å². The molecule has 0 aliphatic carbocycles. The van der Waals surface area contributed by atoms with Crippen LogP contribution < -0.4 is 9.47 Å². The van der Waals surface area contributed by atoms with Crippen LogP contribution in [0.5, 0.6) is 11.5 Å². The summed E-state index contributed by atoms with van der Waals surface area (Å²) in [4.78, 5) is 20.0. The Hall–Kier alpha value is -2.31. The fraction of sp³-hybridized carbons (Fsp3) is 0.333. The van der Waals surface area contributed by atoms with E-state index in [9.17, 15) is 4.79 Å². The summed E-state index contributed by atoms with van der Waals surface area (Å²) in [5.74, 6) is 1.03. The zero-order valence-electron chi connectivity index (χ0n) is 15.2. The molecule has 0 radical (unpaired) electrons. The first kappa shape index (κ1) is 17.8. The molecule has 2 aliphatic rings. The maximum atomic E-state index is 13.3. The predicted octanol–water partition coefficient (Wildman–Crippen LogP) is 5.09. The summed E-state index contributed by atoms with van der Waals surface area (Å²) in [6.07, 6.45) is 2.68. The Kier molecular flexibility index (Phi) is 4.61. The number of fused-ring (bicyclic) bond motifs is 2. The van der Waals surface area contributed by atoms with Crippen LogP contribution in [-0.2, 0) is 0 Å². The largest absolute Gasteiger partial charge is 0.489 e. The summed E-state index contributed by atoms with van der Waals surface area (Å²) in [6.45, 7) is 1.83. The maximum absolute atomic E-state index is 13.3. The lowest BCUT2D eigenvalue weighted by Gasteiger charge is -2.23. The number of rotatable bonds is 2. The topological polar surface area (TPSA) is 51.7 Å². The monoisotopic (exact) mass is 414 g/mol. The average molecular weight is 415 g/mol. The Morgan fingerprint density at radius 3 is 2.93 bits per heavy atom. The highest BCUT2D eigenvalue weighted by Crippen LogP contribution is 2.41. The molecule has 3 aromatic rings. The molecule has 1 saturated heterocycles. The summed E-state index contributed by atoms with van der Waals surface area (Å²) < 4.78 is 12.6. The molecular formula is C21H19ClN2O3S. The number of ether oxygens (including phenoxy) is 2. The van der Waals surface area contributed by atoms with Crippen LogP contribution in [0, 0.1) is 0 Å². The van der Waals surface area contributed by atoms with Crippen molar-refractivity contribution in [2.24, 2.45) is 0 Å². The van der Waals surface area contributed by atoms with Crippen LogP contribution in [0.15, 0.2) is 36.4 Å².